The Kier molecular flexibility index (Phi) is 6.33. The number of benzene rings is 1. The third kappa shape index (κ3) is 3.68. The van der Waals surface area contributed by atoms with E-state index in [0.717, 1.165) is 24.8 Å². The van der Waals surface area contributed by atoms with Crippen LogP contribution in [0.5, 0.6) is 0 Å². The Morgan fingerprint density at radius 2 is 1.74 bits per heavy atom. The molecule has 0 aliphatic heterocycles. The quantitative estimate of drug-likeness (QED) is 0.856. The molecule has 1 aromatic carbocycles. The van der Waals surface area contributed by atoms with E-state index < -0.39 is 5.60 Å². The number of rotatable bonds is 4. The van der Waals surface area contributed by atoms with E-state index in [-0.39, 0.29) is 17.8 Å². The first kappa shape index (κ1) is 19.4. The lowest BCUT2D eigenvalue weighted by molar-refractivity contribution is -0.0812. The number of aliphatic hydroxyl groups is 1. The third-order valence-corrected chi connectivity index (χ3v) is 6.86. The summed E-state index contributed by atoms with van der Waals surface area (Å²) in [5.74, 6) is 0.670. The molecule has 0 heterocycles. The van der Waals surface area contributed by atoms with Crippen LogP contribution in [0.15, 0.2) is 18.2 Å². The molecule has 130 valence electrons. The minimum absolute atomic E-state index is 0. The van der Waals surface area contributed by atoms with Crippen molar-refractivity contribution >= 4 is 23.2 Å². The van der Waals surface area contributed by atoms with Crippen molar-refractivity contribution in [2.24, 2.45) is 5.92 Å². The fraction of sp³-hybridized carbons (Fsp3) is 0.684. The van der Waals surface area contributed by atoms with Gasteiger partial charge in [0.2, 0.25) is 0 Å². The molecular formula is C19H26Cl3O-. The summed E-state index contributed by atoms with van der Waals surface area (Å²) in [7, 11) is 0. The predicted octanol–water partition coefficient (Wildman–Crippen LogP) is 3.14. The van der Waals surface area contributed by atoms with Crippen LogP contribution in [0.25, 0.3) is 0 Å². The maximum Gasteiger partial charge on any atom is 0.0718 e. The van der Waals surface area contributed by atoms with Crippen LogP contribution in [0.2, 0.25) is 10.0 Å². The Hall–Kier alpha value is 0.0500. The monoisotopic (exact) mass is 375 g/mol. The molecule has 2 saturated carbocycles. The van der Waals surface area contributed by atoms with Crippen molar-refractivity contribution < 1.29 is 17.5 Å². The van der Waals surface area contributed by atoms with Crippen LogP contribution >= 0.6 is 23.2 Å². The van der Waals surface area contributed by atoms with Crippen molar-refractivity contribution in [3.05, 3.63) is 33.8 Å². The summed E-state index contributed by atoms with van der Waals surface area (Å²) in [4.78, 5) is 0. The minimum atomic E-state index is -0.662. The van der Waals surface area contributed by atoms with E-state index in [1.54, 1.807) is 0 Å². The Morgan fingerprint density at radius 1 is 1.09 bits per heavy atom. The first-order valence-corrected chi connectivity index (χ1v) is 9.38. The van der Waals surface area contributed by atoms with Crippen LogP contribution in [-0.2, 0) is 5.41 Å². The van der Waals surface area contributed by atoms with Gasteiger partial charge in [-0.3, -0.25) is 0 Å². The maximum atomic E-state index is 11.4. The van der Waals surface area contributed by atoms with Gasteiger partial charge in [-0.25, -0.2) is 0 Å². The minimum Gasteiger partial charge on any atom is -1.00 e. The van der Waals surface area contributed by atoms with Gasteiger partial charge in [0.1, 0.15) is 0 Å². The molecule has 3 rings (SSSR count). The van der Waals surface area contributed by atoms with Crippen molar-refractivity contribution in [1.29, 1.82) is 0 Å². The second-order valence-electron chi connectivity index (χ2n) is 7.55. The summed E-state index contributed by atoms with van der Waals surface area (Å²) < 4.78 is 0. The molecule has 0 radical (unpaired) electrons. The first-order valence-electron chi connectivity index (χ1n) is 8.63. The van der Waals surface area contributed by atoms with Crippen LogP contribution in [0.3, 0.4) is 0 Å². The molecule has 2 aliphatic rings. The van der Waals surface area contributed by atoms with Crippen molar-refractivity contribution in [2.45, 2.75) is 75.7 Å². The van der Waals surface area contributed by atoms with E-state index in [2.05, 4.69) is 6.07 Å². The van der Waals surface area contributed by atoms with Gasteiger partial charge >= 0.3 is 0 Å². The molecule has 1 aromatic rings. The topological polar surface area (TPSA) is 20.2 Å². The number of hydrogen-bond acceptors (Lipinski definition) is 1. The average molecular weight is 377 g/mol. The van der Waals surface area contributed by atoms with Gasteiger partial charge < -0.3 is 17.5 Å². The molecule has 2 fully saturated rings. The summed E-state index contributed by atoms with van der Waals surface area (Å²) in [5, 5.41) is 12.6. The fourth-order valence-corrected chi connectivity index (χ4v) is 4.91. The molecule has 0 spiro atoms. The Morgan fingerprint density at radius 3 is 2.26 bits per heavy atom. The normalized spacial score (nSPS) is 23.5. The number of halogens is 3. The molecule has 4 heteroatoms. The highest BCUT2D eigenvalue weighted by Crippen LogP contribution is 2.54. The molecule has 0 saturated heterocycles. The fourth-order valence-electron chi connectivity index (χ4n) is 4.61. The van der Waals surface area contributed by atoms with Crippen LogP contribution in [0.4, 0.5) is 0 Å². The van der Waals surface area contributed by atoms with Crippen molar-refractivity contribution in [1.82, 2.24) is 0 Å². The third-order valence-electron chi connectivity index (χ3n) is 6.12. The van der Waals surface area contributed by atoms with E-state index in [1.807, 2.05) is 19.1 Å². The SMILES string of the molecule is CC(O)(CC1CCCCC1)C1(c2ccc(Cl)c(Cl)c2)CCC1.[Cl-]. The van der Waals surface area contributed by atoms with E-state index in [0.29, 0.717) is 16.0 Å². The van der Waals surface area contributed by atoms with Crippen LogP contribution in [-0.4, -0.2) is 10.7 Å². The highest BCUT2D eigenvalue weighted by atomic mass is 35.5. The van der Waals surface area contributed by atoms with E-state index in [9.17, 15) is 5.11 Å². The van der Waals surface area contributed by atoms with Crippen molar-refractivity contribution in [2.75, 3.05) is 0 Å². The summed E-state index contributed by atoms with van der Waals surface area (Å²) in [6.07, 6.45) is 10.7. The lowest BCUT2D eigenvalue weighted by atomic mass is 9.54. The zero-order chi connectivity index (χ0) is 15.8. The molecule has 1 unspecified atom stereocenters. The van der Waals surface area contributed by atoms with Crippen LogP contribution < -0.4 is 12.4 Å². The molecular weight excluding hydrogens is 351 g/mol. The summed E-state index contributed by atoms with van der Waals surface area (Å²) in [6, 6.07) is 5.90. The van der Waals surface area contributed by atoms with Gasteiger partial charge in [-0.2, -0.15) is 0 Å². The molecule has 1 N–H and O–H groups in total. The zero-order valence-corrected chi connectivity index (χ0v) is 16.0. The van der Waals surface area contributed by atoms with E-state index in [4.69, 9.17) is 23.2 Å². The summed E-state index contributed by atoms with van der Waals surface area (Å²) >= 11 is 12.3. The van der Waals surface area contributed by atoms with Gasteiger partial charge in [0.05, 0.1) is 15.6 Å². The standard InChI is InChI=1S/C19H26Cl2O.ClH/c1-18(22,13-14-6-3-2-4-7-14)19(10-5-11-19)15-8-9-16(20)17(21)12-15;/h8-9,12,14,22H,2-7,10-11,13H2,1H3;1H/p-1. The highest BCUT2D eigenvalue weighted by molar-refractivity contribution is 6.42. The Bertz CT molecular complexity index is 531. The molecule has 0 amide bonds. The molecule has 1 nitrogen and oxygen atoms in total. The smallest absolute Gasteiger partial charge is 0.0718 e. The van der Waals surface area contributed by atoms with E-state index in [1.165, 1.54) is 38.5 Å². The molecule has 0 aromatic heterocycles. The largest absolute Gasteiger partial charge is 1.00 e. The van der Waals surface area contributed by atoms with Crippen molar-refractivity contribution in [3.8, 4) is 0 Å². The average Bonchev–Trinajstić information content (AvgIpc) is 2.41. The lowest BCUT2D eigenvalue weighted by Crippen LogP contribution is -3.00. The molecule has 0 bridgehead atoms. The predicted molar refractivity (Wildman–Crippen MR) is 93.8 cm³/mol. The van der Waals surface area contributed by atoms with Crippen LogP contribution in [0, 0.1) is 5.92 Å². The number of hydrogen-bond donors (Lipinski definition) is 1. The summed E-state index contributed by atoms with van der Waals surface area (Å²) in [5.41, 5.74) is 0.359. The van der Waals surface area contributed by atoms with E-state index >= 15 is 0 Å². The summed E-state index contributed by atoms with van der Waals surface area (Å²) in [6.45, 7) is 2.04. The Balaban J connectivity index is 0.00000192. The van der Waals surface area contributed by atoms with Gasteiger partial charge in [-0.05, 0) is 49.8 Å². The molecule has 23 heavy (non-hydrogen) atoms. The molecule has 1 atom stereocenters. The van der Waals surface area contributed by atoms with Gasteiger partial charge in [0.25, 0.3) is 0 Å². The van der Waals surface area contributed by atoms with Gasteiger partial charge in [0.15, 0.2) is 0 Å². The second-order valence-corrected chi connectivity index (χ2v) is 8.36. The van der Waals surface area contributed by atoms with Gasteiger partial charge in [0, 0.05) is 5.41 Å². The highest BCUT2D eigenvalue weighted by Gasteiger charge is 2.52. The maximum absolute atomic E-state index is 11.4. The first-order chi connectivity index (χ1) is 10.4. The Labute approximate surface area is 156 Å². The van der Waals surface area contributed by atoms with Gasteiger partial charge in [-0.1, -0.05) is 67.8 Å². The lowest BCUT2D eigenvalue weighted by Gasteiger charge is -2.53. The van der Waals surface area contributed by atoms with Crippen LogP contribution in [0.1, 0.15) is 70.3 Å². The molecule has 2 aliphatic carbocycles. The second kappa shape index (κ2) is 7.52. The zero-order valence-electron chi connectivity index (χ0n) is 13.8. The van der Waals surface area contributed by atoms with Gasteiger partial charge in [-0.15, -0.1) is 0 Å². The van der Waals surface area contributed by atoms with Crippen molar-refractivity contribution in [3.63, 3.8) is 0 Å².